The number of halogens is 3. The molecule has 1 aromatic rings. The minimum atomic E-state index is -4.53. The van der Waals surface area contributed by atoms with Crippen LogP contribution < -0.4 is 4.90 Å². The Morgan fingerprint density at radius 1 is 1.00 bits per heavy atom. The van der Waals surface area contributed by atoms with Crippen molar-refractivity contribution in [3.05, 3.63) is 42.0 Å². The van der Waals surface area contributed by atoms with Gasteiger partial charge in [-0.3, -0.25) is 9.59 Å². The first kappa shape index (κ1) is 13.5. The summed E-state index contributed by atoms with van der Waals surface area (Å²) in [5.41, 5.74) is -0.932. The molecule has 2 fully saturated rings. The van der Waals surface area contributed by atoms with Gasteiger partial charge in [0, 0.05) is 0 Å². The van der Waals surface area contributed by atoms with Gasteiger partial charge in [0.25, 0.3) is 0 Å². The van der Waals surface area contributed by atoms with Gasteiger partial charge in [0.15, 0.2) is 0 Å². The van der Waals surface area contributed by atoms with Crippen molar-refractivity contribution in [2.24, 2.45) is 11.8 Å². The van der Waals surface area contributed by atoms with E-state index in [-0.39, 0.29) is 5.69 Å². The van der Waals surface area contributed by atoms with E-state index in [2.05, 4.69) is 0 Å². The summed E-state index contributed by atoms with van der Waals surface area (Å²) in [5, 5.41) is 0. The third kappa shape index (κ3) is 1.68. The van der Waals surface area contributed by atoms with Crippen LogP contribution in [0.15, 0.2) is 36.4 Å². The van der Waals surface area contributed by atoms with E-state index >= 15 is 0 Å². The number of fused-ring (bicyclic) bond motifs is 5. The van der Waals surface area contributed by atoms with Gasteiger partial charge in [-0.25, -0.2) is 4.90 Å². The lowest BCUT2D eigenvalue weighted by atomic mass is 9.85. The Morgan fingerprint density at radius 2 is 1.59 bits per heavy atom. The van der Waals surface area contributed by atoms with Crippen molar-refractivity contribution < 1.29 is 27.5 Å². The summed E-state index contributed by atoms with van der Waals surface area (Å²) >= 11 is 0. The summed E-state index contributed by atoms with van der Waals surface area (Å²) in [6.45, 7) is 0. The highest BCUT2D eigenvalue weighted by molar-refractivity contribution is 6.23. The van der Waals surface area contributed by atoms with Crippen LogP contribution in [0.25, 0.3) is 0 Å². The standard InChI is InChI=1S/C15H10F3NO3/c16-15(17,18)7-2-1-3-8(6-7)19-13(20)11-9-4-5-10(22-9)12(11)14(19)21/h1-6,9-12H/t9-,10-,11-,12+/m1/s1. The Hall–Kier alpha value is -2.15. The molecular weight excluding hydrogens is 299 g/mol. The van der Waals surface area contributed by atoms with Gasteiger partial charge >= 0.3 is 6.18 Å². The number of carbonyl (C=O) groups excluding carboxylic acids is 2. The van der Waals surface area contributed by atoms with E-state index in [9.17, 15) is 22.8 Å². The smallest absolute Gasteiger partial charge is 0.365 e. The zero-order valence-electron chi connectivity index (χ0n) is 11.1. The minimum Gasteiger partial charge on any atom is -0.365 e. The number of ether oxygens (including phenoxy) is 1. The number of hydrogen-bond donors (Lipinski definition) is 0. The SMILES string of the molecule is O=C1[C@@H]2[C@H](C(=O)N1c1cccc(C(F)(F)F)c1)[C@H]1C=C[C@H]2O1. The first-order valence-electron chi connectivity index (χ1n) is 6.77. The average molecular weight is 309 g/mol. The van der Waals surface area contributed by atoms with Crippen LogP contribution in [-0.2, 0) is 20.5 Å². The summed E-state index contributed by atoms with van der Waals surface area (Å²) < 4.78 is 43.9. The van der Waals surface area contributed by atoms with Gasteiger partial charge in [-0.05, 0) is 18.2 Å². The van der Waals surface area contributed by atoms with Crippen molar-refractivity contribution in [2.75, 3.05) is 4.90 Å². The van der Waals surface area contributed by atoms with Crippen molar-refractivity contribution in [1.82, 2.24) is 0 Å². The average Bonchev–Trinajstić information content (AvgIpc) is 3.12. The molecule has 4 atom stereocenters. The summed E-state index contributed by atoms with van der Waals surface area (Å²) in [6.07, 6.45) is -1.98. The lowest BCUT2D eigenvalue weighted by molar-refractivity contribution is -0.137. The Balaban J connectivity index is 1.73. The van der Waals surface area contributed by atoms with E-state index in [1.807, 2.05) is 0 Å². The summed E-state index contributed by atoms with van der Waals surface area (Å²) in [7, 11) is 0. The van der Waals surface area contributed by atoms with Crippen LogP contribution in [0.5, 0.6) is 0 Å². The maximum absolute atomic E-state index is 12.8. The number of nitrogens with zero attached hydrogens (tertiary/aromatic N) is 1. The van der Waals surface area contributed by atoms with Crippen LogP contribution in [0.4, 0.5) is 18.9 Å². The lowest BCUT2D eigenvalue weighted by Crippen LogP contribution is -2.34. The number of imide groups is 1. The fourth-order valence-corrected chi connectivity index (χ4v) is 3.38. The van der Waals surface area contributed by atoms with Gasteiger partial charge in [-0.2, -0.15) is 13.2 Å². The van der Waals surface area contributed by atoms with E-state index in [0.29, 0.717) is 0 Å². The third-order valence-corrected chi connectivity index (χ3v) is 4.34. The zero-order chi connectivity index (χ0) is 15.6. The molecule has 3 aliphatic rings. The van der Waals surface area contributed by atoms with Crippen LogP contribution in [0.1, 0.15) is 5.56 Å². The Morgan fingerprint density at radius 3 is 2.14 bits per heavy atom. The first-order valence-corrected chi connectivity index (χ1v) is 6.77. The molecular formula is C15H10F3NO3. The second kappa shape index (κ2) is 4.19. The predicted molar refractivity (Wildman–Crippen MR) is 68.7 cm³/mol. The number of alkyl halides is 3. The highest BCUT2D eigenvalue weighted by Gasteiger charge is 2.61. The topological polar surface area (TPSA) is 46.6 Å². The minimum absolute atomic E-state index is 0.0429. The van der Waals surface area contributed by atoms with Crippen LogP contribution >= 0.6 is 0 Å². The molecule has 4 rings (SSSR count). The van der Waals surface area contributed by atoms with E-state index in [1.54, 1.807) is 12.2 Å². The molecule has 2 amide bonds. The molecule has 0 saturated carbocycles. The first-order chi connectivity index (χ1) is 10.4. The maximum Gasteiger partial charge on any atom is 0.416 e. The molecule has 0 N–H and O–H groups in total. The van der Waals surface area contributed by atoms with E-state index < -0.39 is 47.6 Å². The maximum atomic E-state index is 12.8. The van der Waals surface area contributed by atoms with E-state index in [4.69, 9.17) is 4.74 Å². The van der Waals surface area contributed by atoms with Gasteiger partial charge in [-0.15, -0.1) is 0 Å². The fourth-order valence-electron chi connectivity index (χ4n) is 3.38. The molecule has 0 spiro atoms. The van der Waals surface area contributed by atoms with Crippen molar-refractivity contribution >= 4 is 17.5 Å². The molecule has 2 saturated heterocycles. The second-order valence-electron chi connectivity index (χ2n) is 5.56. The molecule has 3 heterocycles. The van der Waals surface area contributed by atoms with Gasteiger partial charge in [0.05, 0.1) is 35.3 Å². The number of anilines is 1. The van der Waals surface area contributed by atoms with Crippen molar-refractivity contribution in [3.8, 4) is 0 Å². The Kier molecular flexibility index (Phi) is 2.57. The predicted octanol–water partition coefficient (Wildman–Crippen LogP) is 2.15. The van der Waals surface area contributed by atoms with Crippen LogP contribution in [0.3, 0.4) is 0 Å². The molecule has 0 aromatic heterocycles. The quantitative estimate of drug-likeness (QED) is 0.590. The third-order valence-electron chi connectivity index (χ3n) is 4.34. The molecule has 0 unspecified atom stereocenters. The fraction of sp³-hybridized carbons (Fsp3) is 0.333. The number of carbonyl (C=O) groups is 2. The van der Waals surface area contributed by atoms with Crippen LogP contribution in [0, 0.1) is 11.8 Å². The summed E-state index contributed by atoms with van der Waals surface area (Å²) in [4.78, 5) is 25.8. The zero-order valence-corrected chi connectivity index (χ0v) is 11.1. The number of rotatable bonds is 1. The van der Waals surface area contributed by atoms with Crippen molar-refractivity contribution in [1.29, 1.82) is 0 Å². The van der Waals surface area contributed by atoms with E-state index in [1.165, 1.54) is 12.1 Å². The highest BCUT2D eigenvalue weighted by atomic mass is 19.4. The number of benzene rings is 1. The monoisotopic (exact) mass is 309 g/mol. The summed E-state index contributed by atoms with van der Waals surface area (Å²) in [6, 6.07) is 4.26. The number of amides is 2. The molecule has 1 aromatic carbocycles. The Bertz CT molecular complexity index is 682. The van der Waals surface area contributed by atoms with Gasteiger partial charge in [0.1, 0.15) is 0 Å². The molecule has 2 bridgehead atoms. The second-order valence-corrected chi connectivity index (χ2v) is 5.56. The van der Waals surface area contributed by atoms with Gasteiger partial charge < -0.3 is 4.74 Å². The van der Waals surface area contributed by atoms with Crippen LogP contribution in [-0.4, -0.2) is 24.0 Å². The molecule has 114 valence electrons. The molecule has 4 nitrogen and oxygen atoms in total. The van der Waals surface area contributed by atoms with E-state index in [0.717, 1.165) is 17.0 Å². The molecule has 0 radical (unpaired) electrons. The molecule has 0 aliphatic carbocycles. The Labute approximate surface area is 123 Å². The molecule has 7 heteroatoms. The van der Waals surface area contributed by atoms with Crippen LogP contribution in [0.2, 0.25) is 0 Å². The largest absolute Gasteiger partial charge is 0.416 e. The van der Waals surface area contributed by atoms with Gasteiger partial charge in [0.2, 0.25) is 11.8 Å². The van der Waals surface area contributed by atoms with Gasteiger partial charge in [-0.1, -0.05) is 18.2 Å². The van der Waals surface area contributed by atoms with Crippen molar-refractivity contribution in [2.45, 2.75) is 18.4 Å². The highest BCUT2D eigenvalue weighted by Crippen LogP contribution is 2.46. The normalized spacial score (nSPS) is 33.0. The lowest BCUT2D eigenvalue weighted by Gasteiger charge is -2.18. The molecule has 22 heavy (non-hydrogen) atoms. The molecule has 3 aliphatic heterocycles. The summed E-state index contributed by atoms with van der Waals surface area (Å²) in [5.74, 6) is -2.24. The van der Waals surface area contributed by atoms with Crippen molar-refractivity contribution in [3.63, 3.8) is 0 Å². The number of hydrogen-bond acceptors (Lipinski definition) is 3.